The molecular formula is C13H14BrN3O2. The van der Waals surface area contributed by atoms with Crippen molar-refractivity contribution in [2.45, 2.75) is 6.42 Å². The highest BCUT2D eigenvalue weighted by Gasteiger charge is 2.09. The van der Waals surface area contributed by atoms with Crippen LogP contribution in [0.3, 0.4) is 0 Å². The number of hydrogen-bond acceptors (Lipinski definition) is 5. The van der Waals surface area contributed by atoms with Crippen LogP contribution in [0.1, 0.15) is 5.56 Å². The van der Waals surface area contributed by atoms with Crippen molar-refractivity contribution < 1.29 is 9.84 Å². The zero-order valence-corrected chi connectivity index (χ0v) is 12.0. The number of aromatic nitrogens is 2. The van der Waals surface area contributed by atoms with E-state index >= 15 is 0 Å². The van der Waals surface area contributed by atoms with E-state index in [1.807, 2.05) is 24.3 Å². The number of halogens is 1. The lowest BCUT2D eigenvalue weighted by atomic mass is 10.1. The van der Waals surface area contributed by atoms with Gasteiger partial charge in [0.05, 0.1) is 0 Å². The molecule has 0 bridgehead atoms. The third-order valence-corrected chi connectivity index (χ3v) is 3.25. The lowest BCUT2D eigenvalue weighted by molar-refractivity contribution is 0.299. The summed E-state index contributed by atoms with van der Waals surface area (Å²) in [5.74, 6) is 1.80. The number of hydrogen-bond donors (Lipinski definition) is 2. The van der Waals surface area contributed by atoms with Gasteiger partial charge in [-0.1, -0.05) is 12.1 Å². The smallest absolute Gasteiger partial charge is 0.238 e. The molecule has 1 aromatic carbocycles. The molecule has 19 heavy (non-hydrogen) atoms. The molecular weight excluding hydrogens is 310 g/mol. The Labute approximate surface area is 119 Å². The Morgan fingerprint density at radius 2 is 2.00 bits per heavy atom. The Morgan fingerprint density at radius 3 is 2.63 bits per heavy atom. The normalized spacial score (nSPS) is 10.3. The molecule has 0 saturated carbocycles. The van der Waals surface area contributed by atoms with Gasteiger partial charge in [-0.2, -0.15) is 0 Å². The summed E-state index contributed by atoms with van der Waals surface area (Å²) in [6.45, 7) is 0.142. The van der Waals surface area contributed by atoms with Crippen molar-refractivity contribution in [2.24, 2.45) is 0 Å². The predicted molar refractivity (Wildman–Crippen MR) is 76.6 cm³/mol. The molecule has 100 valence electrons. The van der Waals surface area contributed by atoms with Crippen LogP contribution in [0.2, 0.25) is 0 Å². The van der Waals surface area contributed by atoms with Gasteiger partial charge in [-0.25, -0.2) is 9.97 Å². The third kappa shape index (κ3) is 3.42. The number of aliphatic hydroxyl groups is 1. The van der Waals surface area contributed by atoms with E-state index in [0.717, 1.165) is 5.56 Å². The number of nitrogens with one attached hydrogen (secondary N) is 1. The molecule has 6 heteroatoms. The summed E-state index contributed by atoms with van der Waals surface area (Å²) in [5.41, 5.74) is 1.06. The van der Waals surface area contributed by atoms with Crippen molar-refractivity contribution in [3.8, 4) is 11.6 Å². The van der Waals surface area contributed by atoms with Gasteiger partial charge in [0.2, 0.25) is 5.88 Å². The number of aliphatic hydroxyl groups excluding tert-OH is 1. The van der Waals surface area contributed by atoms with Crippen molar-refractivity contribution in [1.82, 2.24) is 9.97 Å². The second kappa shape index (κ2) is 6.49. The quantitative estimate of drug-likeness (QED) is 0.885. The SMILES string of the molecule is CNc1ncnc(Oc2ccc(CCO)cc2)c1Br. The van der Waals surface area contributed by atoms with Gasteiger partial charge < -0.3 is 15.2 Å². The van der Waals surface area contributed by atoms with Crippen LogP contribution in [0.5, 0.6) is 11.6 Å². The molecule has 0 amide bonds. The zero-order valence-electron chi connectivity index (χ0n) is 10.4. The van der Waals surface area contributed by atoms with E-state index in [1.165, 1.54) is 6.33 Å². The number of ether oxygens (including phenoxy) is 1. The van der Waals surface area contributed by atoms with Gasteiger partial charge in [0.1, 0.15) is 22.4 Å². The average molecular weight is 324 g/mol. The van der Waals surface area contributed by atoms with E-state index in [-0.39, 0.29) is 6.61 Å². The van der Waals surface area contributed by atoms with E-state index < -0.39 is 0 Å². The van der Waals surface area contributed by atoms with Crippen LogP contribution in [0, 0.1) is 0 Å². The highest BCUT2D eigenvalue weighted by molar-refractivity contribution is 9.10. The van der Waals surface area contributed by atoms with Gasteiger partial charge in [0, 0.05) is 13.7 Å². The number of rotatable bonds is 5. The molecule has 0 saturated heterocycles. The van der Waals surface area contributed by atoms with Crippen LogP contribution in [0.15, 0.2) is 35.1 Å². The average Bonchev–Trinajstić information content (AvgIpc) is 2.43. The molecule has 0 fully saturated rings. The van der Waals surface area contributed by atoms with Crippen molar-refractivity contribution in [1.29, 1.82) is 0 Å². The molecule has 0 atom stereocenters. The minimum absolute atomic E-state index is 0.142. The maximum Gasteiger partial charge on any atom is 0.238 e. The maximum atomic E-state index is 8.86. The lowest BCUT2D eigenvalue weighted by Crippen LogP contribution is -1.97. The van der Waals surface area contributed by atoms with Gasteiger partial charge in [0.25, 0.3) is 0 Å². The summed E-state index contributed by atoms with van der Waals surface area (Å²) in [5, 5.41) is 11.8. The van der Waals surface area contributed by atoms with Crippen molar-refractivity contribution in [3.63, 3.8) is 0 Å². The van der Waals surface area contributed by atoms with E-state index in [9.17, 15) is 0 Å². The summed E-state index contributed by atoms with van der Waals surface area (Å²) in [4.78, 5) is 8.14. The minimum Gasteiger partial charge on any atom is -0.438 e. The molecule has 2 rings (SSSR count). The van der Waals surface area contributed by atoms with E-state index in [2.05, 4.69) is 31.2 Å². The second-order valence-corrected chi connectivity index (χ2v) is 4.60. The van der Waals surface area contributed by atoms with Gasteiger partial charge in [-0.15, -0.1) is 0 Å². The fourth-order valence-electron chi connectivity index (χ4n) is 1.56. The summed E-state index contributed by atoms with van der Waals surface area (Å²) in [7, 11) is 1.78. The second-order valence-electron chi connectivity index (χ2n) is 3.81. The number of nitrogens with zero attached hydrogens (tertiary/aromatic N) is 2. The molecule has 1 aromatic heterocycles. The summed E-state index contributed by atoms with van der Waals surface area (Å²) < 4.78 is 6.36. The fraction of sp³-hybridized carbons (Fsp3) is 0.231. The molecule has 5 nitrogen and oxygen atoms in total. The van der Waals surface area contributed by atoms with E-state index in [1.54, 1.807) is 7.05 Å². The third-order valence-electron chi connectivity index (χ3n) is 2.53. The first-order valence-corrected chi connectivity index (χ1v) is 6.59. The first-order chi connectivity index (χ1) is 9.24. The molecule has 0 spiro atoms. The molecule has 2 N–H and O–H groups in total. The predicted octanol–water partition coefficient (Wildman–Crippen LogP) is 2.61. The van der Waals surface area contributed by atoms with E-state index in [4.69, 9.17) is 9.84 Å². The highest BCUT2D eigenvalue weighted by atomic mass is 79.9. The zero-order chi connectivity index (χ0) is 13.7. The largest absolute Gasteiger partial charge is 0.438 e. The van der Waals surface area contributed by atoms with Crippen LogP contribution < -0.4 is 10.1 Å². The van der Waals surface area contributed by atoms with Gasteiger partial charge in [-0.05, 0) is 40.0 Å². The maximum absolute atomic E-state index is 8.86. The molecule has 1 heterocycles. The molecule has 0 radical (unpaired) electrons. The van der Waals surface area contributed by atoms with E-state index in [0.29, 0.717) is 28.3 Å². The Bertz CT molecular complexity index is 546. The Balaban J connectivity index is 2.16. The van der Waals surface area contributed by atoms with Gasteiger partial charge >= 0.3 is 0 Å². The topological polar surface area (TPSA) is 67.3 Å². The molecule has 0 unspecified atom stereocenters. The number of anilines is 1. The minimum atomic E-state index is 0.142. The Kier molecular flexibility index (Phi) is 4.70. The Morgan fingerprint density at radius 1 is 1.26 bits per heavy atom. The standard InChI is InChI=1S/C13H14BrN3O2/c1-15-12-11(14)13(17-8-16-12)19-10-4-2-9(3-5-10)6-7-18/h2-5,8,18H,6-7H2,1H3,(H,15,16,17). The van der Waals surface area contributed by atoms with Gasteiger partial charge in [-0.3, -0.25) is 0 Å². The molecule has 2 aromatic rings. The molecule has 0 aliphatic rings. The summed E-state index contributed by atoms with van der Waals surface area (Å²) in [6.07, 6.45) is 2.08. The van der Waals surface area contributed by atoms with Crippen LogP contribution >= 0.6 is 15.9 Å². The van der Waals surface area contributed by atoms with Crippen LogP contribution in [-0.4, -0.2) is 28.7 Å². The van der Waals surface area contributed by atoms with Crippen molar-refractivity contribution in [2.75, 3.05) is 19.0 Å². The highest BCUT2D eigenvalue weighted by Crippen LogP contribution is 2.31. The first kappa shape index (κ1) is 13.8. The van der Waals surface area contributed by atoms with Crippen molar-refractivity contribution >= 4 is 21.7 Å². The number of benzene rings is 1. The first-order valence-electron chi connectivity index (χ1n) is 5.80. The van der Waals surface area contributed by atoms with Crippen LogP contribution in [-0.2, 0) is 6.42 Å². The monoisotopic (exact) mass is 323 g/mol. The van der Waals surface area contributed by atoms with Crippen molar-refractivity contribution in [3.05, 3.63) is 40.6 Å². The van der Waals surface area contributed by atoms with Crippen LogP contribution in [0.4, 0.5) is 5.82 Å². The fourth-order valence-corrected chi connectivity index (χ4v) is 2.05. The molecule has 0 aliphatic carbocycles. The Hall–Kier alpha value is -1.66. The summed E-state index contributed by atoms with van der Waals surface area (Å²) >= 11 is 3.39. The lowest BCUT2D eigenvalue weighted by Gasteiger charge is -2.09. The molecule has 0 aliphatic heterocycles. The summed E-state index contributed by atoms with van der Waals surface area (Å²) in [6, 6.07) is 7.52. The van der Waals surface area contributed by atoms with Gasteiger partial charge in [0.15, 0.2) is 0 Å². The van der Waals surface area contributed by atoms with Crippen LogP contribution in [0.25, 0.3) is 0 Å².